The average Bonchev–Trinajstić information content (AvgIpc) is 3.20. The lowest BCUT2D eigenvalue weighted by Crippen LogP contribution is -2.39. The molecule has 2 aliphatic carbocycles. The predicted molar refractivity (Wildman–Crippen MR) is 96.9 cm³/mol. The topological polar surface area (TPSA) is 81.7 Å². The Morgan fingerprint density at radius 1 is 1.38 bits per heavy atom. The molecule has 3 aliphatic rings. The Labute approximate surface area is 163 Å². The van der Waals surface area contributed by atoms with E-state index in [2.05, 4.69) is 21.2 Å². The molecule has 1 aromatic carbocycles. The van der Waals surface area contributed by atoms with Crippen LogP contribution in [0.15, 0.2) is 18.2 Å². The van der Waals surface area contributed by atoms with E-state index in [1.165, 1.54) is 0 Å². The molecule has 1 heterocycles. The van der Waals surface area contributed by atoms with Gasteiger partial charge in [-0.1, -0.05) is 33.6 Å². The maximum Gasteiger partial charge on any atom is 0.310 e. The van der Waals surface area contributed by atoms with Gasteiger partial charge < -0.3 is 14.8 Å². The van der Waals surface area contributed by atoms with Gasteiger partial charge in [-0.2, -0.15) is 0 Å². The molecule has 0 spiro atoms. The quantitative estimate of drug-likeness (QED) is 0.573. The molecular formula is C18H17BrClNO5. The Hall–Kier alpha value is -1.60. The summed E-state index contributed by atoms with van der Waals surface area (Å²) in [7, 11) is 0. The molecule has 3 fully saturated rings. The third-order valence-electron chi connectivity index (χ3n) is 5.61. The molecule has 1 saturated heterocycles. The van der Waals surface area contributed by atoms with Crippen molar-refractivity contribution in [1.29, 1.82) is 0 Å². The van der Waals surface area contributed by atoms with Crippen molar-refractivity contribution < 1.29 is 23.9 Å². The minimum atomic E-state index is -0.545. The molecule has 1 aliphatic heterocycles. The van der Waals surface area contributed by atoms with Gasteiger partial charge in [-0.3, -0.25) is 14.4 Å². The van der Waals surface area contributed by atoms with E-state index < -0.39 is 30.3 Å². The largest absolute Gasteiger partial charge is 0.461 e. The van der Waals surface area contributed by atoms with Gasteiger partial charge in [-0.15, -0.1) is 0 Å². The van der Waals surface area contributed by atoms with Crippen LogP contribution in [0.1, 0.15) is 12.0 Å². The van der Waals surface area contributed by atoms with E-state index in [0.717, 1.165) is 12.0 Å². The molecule has 0 aromatic heterocycles. The first kappa shape index (κ1) is 17.8. The van der Waals surface area contributed by atoms with Crippen LogP contribution in [0, 0.1) is 30.6 Å². The van der Waals surface area contributed by atoms with Gasteiger partial charge in [0.15, 0.2) is 6.61 Å². The minimum absolute atomic E-state index is 0.00665. The first-order valence-corrected chi connectivity index (χ1v) is 9.73. The average molecular weight is 443 g/mol. The summed E-state index contributed by atoms with van der Waals surface area (Å²) in [6.07, 6.45) is 0.626. The number of carbonyl (C=O) groups is 3. The highest BCUT2D eigenvalue weighted by atomic mass is 79.9. The molecule has 26 heavy (non-hydrogen) atoms. The molecule has 138 valence electrons. The number of hydrogen-bond acceptors (Lipinski definition) is 5. The van der Waals surface area contributed by atoms with Crippen molar-refractivity contribution in [3.63, 3.8) is 0 Å². The second-order valence-corrected chi connectivity index (χ2v) is 8.57. The fourth-order valence-corrected chi connectivity index (χ4v) is 5.66. The molecule has 1 amide bonds. The van der Waals surface area contributed by atoms with Gasteiger partial charge in [-0.05, 0) is 37.0 Å². The minimum Gasteiger partial charge on any atom is -0.461 e. The van der Waals surface area contributed by atoms with Crippen molar-refractivity contribution in [2.45, 2.75) is 24.3 Å². The van der Waals surface area contributed by atoms with Crippen LogP contribution in [0.2, 0.25) is 5.02 Å². The SMILES string of the molecule is Cc1ccc(Cl)cc1NC(=O)COC(=O)[C@@H]1[C@H]2C[C@H]3[C@H](OC(=O)[C@@H]31)[C@@H]2Br. The van der Waals surface area contributed by atoms with Crippen molar-refractivity contribution >= 4 is 51.1 Å². The molecule has 2 bridgehead atoms. The van der Waals surface area contributed by atoms with Crippen molar-refractivity contribution in [2.75, 3.05) is 11.9 Å². The molecule has 2 saturated carbocycles. The molecule has 4 rings (SSSR count). The summed E-state index contributed by atoms with van der Waals surface area (Å²) in [4.78, 5) is 36.7. The van der Waals surface area contributed by atoms with Crippen LogP contribution >= 0.6 is 27.5 Å². The fourth-order valence-electron chi connectivity index (χ4n) is 4.44. The van der Waals surface area contributed by atoms with Gasteiger partial charge in [0.25, 0.3) is 5.91 Å². The van der Waals surface area contributed by atoms with E-state index in [0.29, 0.717) is 10.7 Å². The number of fused-ring (bicyclic) bond motifs is 1. The Kier molecular flexibility index (Phi) is 4.47. The van der Waals surface area contributed by atoms with Crippen LogP contribution in [0.3, 0.4) is 0 Å². The summed E-state index contributed by atoms with van der Waals surface area (Å²) in [5.74, 6) is -2.20. The lowest BCUT2D eigenvalue weighted by molar-refractivity contribution is -0.157. The number of hydrogen-bond donors (Lipinski definition) is 1. The lowest BCUT2D eigenvalue weighted by atomic mass is 9.80. The number of amides is 1. The zero-order valence-corrected chi connectivity index (χ0v) is 16.2. The number of nitrogens with one attached hydrogen (secondary N) is 1. The second kappa shape index (κ2) is 6.53. The molecule has 1 N–H and O–H groups in total. The summed E-state index contributed by atoms with van der Waals surface area (Å²) >= 11 is 9.48. The number of ether oxygens (including phenoxy) is 2. The van der Waals surface area contributed by atoms with E-state index in [-0.39, 0.29) is 28.7 Å². The molecule has 8 heteroatoms. The molecular weight excluding hydrogens is 426 g/mol. The number of esters is 2. The molecule has 6 nitrogen and oxygen atoms in total. The first-order valence-electron chi connectivity index (χ1n) is 8.44. The van der Waals surface area contributed by atoms with Crippen LogP contribution in [0.25, 0.3) is 0 Å². The first-order chi connectivity index (χ1) is 12.4. The Morgan fingerprint density at radius 2 is 2.15 bits per heavy atom. The van der Waals surface area contributed by atoms with Crippen LogP contribution in [-0.2, 0) is 23.9 Å². The van der Waals surface area contributed by atoms with E-state index in [9.17, 15) is 14.4 Å². The van der Waals surface area contributed by atoms with Crippen LogP contribution < -0.4 is 5.32 Å². The monoisotopic (exact) mass is 441 g/mol. The smallest absolute Gasteiger partial charge is 0.310 e. The van der Waals surface area contributed by atoms with Gasteiger partial charge in [0, 0.05) is 16.6 Å². The molecule has 0 unspecified atom stereocenters. The Bertz CT molecular complexity index is 800. The van der Waals surface area contributed by atoms with Gasteiger partial charge in [0.2, 0.25) is 0 Å². The lowest BCUT2D eigenvalue weighted by Gasteiger charge is -2.26. The predicted octanol–water partition coefficient (Wildman–Crippen LogP) is 2.70. The molecule has 0 radical (unpaired) electrons. The molecule has 1 aromatic rings. The highest BCUT2D eigenvalue weighted by Gasteiger charge is 2.68. The fraction of sp³-hybridized carbons (Fsp3) is 0.500. The van der Waals surface area contributed by atoms with Crippen molar-refractivity contribution in [2.24, 2.45) is 23.7 Å². The molecule has 6 atom stereocenters. The summed E-state index contributed by atoms with van der Waals surface area (Å²) < 4.78 is 10.6. The number of rotatable bonds is 4. The summed E-state index contributed by atoms with van der Waals surface area (Å²) in [6, 6.07) is 5.15. The number of anilines is 1. The van der Waals surface area contributed by atoms with Crippen LogP contribution in [0.4, 0.5) is 5.69 Å². The van der Waals surface area contributed by atoms with E-state index in [4.69, 9.17) is 21.1 Å². The van der Waals surface area contributed by atoms with E-state index in [1.807, 2.05) is 6.92 Å². The normalized spacial score (nSPS) is 33.9. The van der Waals surface area contributed by atoms with Crippen LogP contribution in [0.5, 0.6) is 0 Å². The highest BCUT2D eigenvalue weighted by molar-refractivity contribution is 9.09. The number of carbonyl (C=O) groups excluding carboxylic acids is 3. The van der Waals surface area contributed by atoms with Gasteiger partial charge >= 0.3 is 11.9 Å². The number of alkyl halides is 1. The Balaban J connectivity index is 1.38. The van der Waals surface area contributed by atoms with Gasteiger partial charge in [0.1, 0.15) is 6.10 Å². The van der Waals surface area contributed by atoms with Crippen molar-refractivity contribution in [1.82, 2.24) is 0 Å². The standard InChI is InChI=1S/C18H17BrClNO5/c1-7-2-3-8(20)4-11(7)21-12(22)6-25-17(23)13-9-5-10-14(13)18(24)26-16(10)15(9)19/h2-4,9-10,13-16H,5-6H2,1H3,(H,21,22)/t9-,10-,13-,14+,15-,16+/m1/s1. The maximum atomic E-state index is 12.5. The third-order valence-corrected chi connectivity index (χ3v) is 7.05. The number of halogens is 2. The van der Waals surface area contributed by atoms with E-state index >= 15 is 0 Å². The zero-order chi connectivity index (χ0) is 18.6. The summed E-state index contributed by atoms with van der Waals surface area (Å²) in [5.41, 5.74) is 1.42. The maximum absolute atomic E-state index is 12.5. The Morgan fingerprint density at radius 3 is 2.92 bits per heavy atom. The second-order valence-electron chi connectivity index (χ2n) is 7.08. The zero-order valence-electron chi connectivity index (χ0n) is 13.9. The summed E-state index contributed by atoms with van der Waals surface area (Å²) in [5, 5.41) is 3.18. The van der Waals surface area contributed by atoms with Crippen molar-refractivity contribution in [3.05, 3.63) is 28.8 Å². The third kappa shape index (κ3) is 2.81. The summed E-state index contributed by atoms with van der Waals surface area (Å²) in [6.45, 7) is 1.43. The van der Waals surface area contributed by atoms with Gasteiger partial charge in [-0.25, -0.2) is 0 Å². The van der Waals surface area contributed by atoms with Crippen molar-refractivity contribution in [3.8, 4) is 0 Å². The number of benzene rings is 1. The van der Waals surface area contributed by atoms with Crippen LogP contribution in [-0.4, -0.2) is 35.4 Å². The number of aryl methyl sites for hydroxylation is 1. The van der Waals surface area contributed by atoms with E-state index in [1.54, 1.807) is 18.2 Å². The van der Waals surface area contributed by atoms with Gasteiger partial charge in [0.05, 0.1) is 16.7 Å². The highest BCUT2D eigenvalue weighted by Crippen LogP contribution is 2.60.